The van der Waals surface area contributed by atoms with Gasteiger partial charge in [0.1, 0.15) is 42.1 Å². The van der Waals surface area contributed by atoms with Crippen molar-refractivity contribution in [3.05, 3.63) is 142 Å². The number of hydrogen-bond acceptors (Lipinski definition) is 8. The van der Waals surface area contributed by atoms with Crippen LogP contribution in [0.3, 0.4) is 0 Å². The second-order valence-corrected chi connectivity index (χ2v) is 14.1. The number of carbonyl (C=O) groups excluding carboxylic acids is 1. The van der Waals surface area contributed by atoms with E-state index in [1.165, 1.54) is 7.11 Å². The fourth-order valence-corrected chi connectivity index (χ4v) is 6.94. The van der Waals surface area contributed by atoms with Gasteiger partial charge in [0.25, 0.3) is 0 Å². The maximum atomic E-state index is 12.2. The first-order valence-electron chi connectivity index (χ1n) is 18.1. The number of anilines is 1. The largest absolute Gasteiger partial charge is 0.489 e. The number of carboxylic acid groups (broad SMARTS) is 2. The van der Waals surface area contributed by atoms with Gasteiger partial charge in [0, 0.05) is 17.7 Å². The van der Waals surface area contributed by atoms with Crippen LogP contribution >= 0.6 is 0 Å². The number of aliphatic carboxylic acids is 1. The van der Waals surface area contributed by atoms with Crippen LogP contribution in [-0.2, 0) is 29.0 Å². The van der Waals surface area contributed by atoms with Gasteiger partial charge >= 0.3 is 17.9 Å². The molecule has 284 valence electrons. The number of hydrogen-bond donors (Lipinski definition) is 3. The number of carboxylic acids is 2. The van der Waals surface area contributed by atoms with E-state index in [0.717, 1.165) is 63.3 Å². The fourth-order valence-electron chi connectivity index (χ4n) is 6.94. The summed E-state index contributed by atoms with van der Waals surface area (Å²) in [4.78, 5) is 36.0. The average molecular weight is 744 g/mol. The second kappa shape index (κ2) is 16.4. The number of esters is 1. The summed E-state index contributed by atoms with van der Waals surface area (Å²) in [6, 6.07) is 27.7. The number of nitrogens with one attached hydrogen (secondary N) is 1. The molecule has 1 heterocycles. The molecular weight excluding hydrogens is 698 g/mol. The van der Waals surface area contributed by atoms with Crippen LogP contribution in [0, 0.1) is 20.8 Å². The zero-order valence-electron chi connectivity index (χ0n) is 31.6. The molecule has 10 nitrogen and oxygen atoms in total. The maximum Gasteiger partial charge on any atom is 0.339 e. The van der Waals surface area contributed by atoms with E-state index < -0.39 is 29.6 Å². The topological polar surface area (TPSA) is 141 Å². The summed E-state index contributed by atoms with van der Waals surface area (Å²) in [7, 11) is 1.28. The number of aromatic carboxylic acids is 1. The van der Waals surface area contributed by atoms with Crippen LogP contribution in [0.15, 0.2) is 97.1 Å². The molecule has 10 heteroatoms. The van der Waals surface area contributed by atoms with E-state index in [1.807, 2.05) is 81.4 Å². The molecule has 55 heavy (non-hydrogen) atoms. The van der Waals surface area contributed by atoms with Gasteiger partial charge in [-0.1, -0.05) is 66.7 Å². The Hall–Kier alpha value is -6.29. The Morgan fingerprint density at radius 1 is 0.800 bits per heavy atom. The van der Waals surface area contributed by atoms with Crippen LogP contribution in [0.5, 0.6) is 17.2 Å². The Labute approximate surface area is 320 Å². The molecule has 0 spiro atoms. The van der Waals surface area contributed by atoms with E-state index in [2.05, 4.69) is 12.2 Å². The molecule has 1 unspecified atom stereocenters. The molecule has 0 aliphatic carbocycles. The van der Waals surface area contributed by atoms with Gasteiger partial charge in [0.15, 0.2) is 0 Å². The van der Waals surface area contributed by atoms with E-state index in [9.17, 15) is 24.6 Å². The van der Waals surface area contributed by atoms with Crippen LogP contribution < -0.4 is 19.5 Å². The molecule has 1 aliphatic heterocycles. The van der Waals surface area contributed by atoms with E-state index in [-0.39, 0.29) is 17.5 Å². The average Bonchev–Trinajstić information content (AvgIpc) is 3.19. The number of methoxy groups -OCH3 is 1. The Morgan fingerprint density at radius 2 is 1.45 bits per heavy atom. The summed E-state index contributed by atoms with van der Waals surface area (Å²) in [5.41, 5.74) is 7.79. The summed E-state index contributed by atoms with van der Waals surface area (Å²) >= 11 is 0. The first-order chi connectivity index (χ1) is 26.4. The van der Waals surface area contributed by atoms with Gasteiger partial charge in [0.05, 0.1) is 18.2 Å². The van der Waals surface area contributed by atoms with Crippen molar-refractivity contribution in [2.24, 2.45) is 0 Å². The number of rotatable bonds is 14. The maximum absolute atomic E-state index is 12.2. The van der Waals surface area contributed by atoms with Gasteiger partial charge in [-0.25, -0.2) is 14.4 Å². The van der Waals surface area contributed by atoms with Crippen molar-refractivity contribution in [1.82, 2.24) is 0 Å². The molecule has 5 aromatic carbocycles. The number of fused-ring (bicyclic) bond motifs is 1. The summed E-state index contributed by atoms with van der Waals surface area (Å²) in [6.07, 6.45) is 1.71. The third-order valence-corrected chi connectivity index (χ3v) is 10.2. The first kappa shape index (κ1) is 38.4. The molecule has 6 rings (SSSR count). The molecule has 0 radical (unpaired) electrons. The molecular formula is C45H45NO9. The summed E-state index contributed by atoms with van der Waals surface area (Å²) in [6.45, 7) is 8.89. The van der Waals surface area contributed by atoms with Gasteiger partial charge in [0.2, 0.25) is 0 Å². The van der Waals surface area contributed by atoms with Crippen molar-refractivity contribution in [2.75, 3.05) is 19.0 Å². The molecule has 0 amide bonds. The van der Waals surface area contributed by atoms with Crippen molar-refractivity contribution in [3.63, 3.8) is 0 Å². The van der Waals surface area contributed by atoms with Gasteiger partial charge in [-0.15, -0.1) is 0 Å². The predicted octanol–water partition coefficient (Wildman–Crippen LogP) is 8.61. The van der Waals surface area contributed by atoms with Crippen LogP contribution in [-0.4, -0.2) is 53.5 Å². The van der Waals surface area contributed by atoms with E-state index in [4.69, 9.17) is 18.9 Å². The monoisotopic (exact) mass is 743 g/mol. The minimum atomic E-state index is -1.05. The van der Waals surface area contributed by atoms with Gasteiger partial charge in [-0.2, -0.15) is 0 Å². The van der Waals surface area contributed by atoms with Crippen LogP contribution in [0.2, 0.25) is 0 Å². The number of benzene rings is 5. The van der Waals surface area contributed by atoms with Crippen molar-refractivity contribution in [3.8, 4) is 28.4 Å². The summed E-state index contributed by atoms with van der Waals surface area (Å²) in [5, 5.41) is 22.5. The zero-order chi connectivity index (χ0) is 39.3. The highest BCUT2D eigenvalue weighted by Gasteiger charge is 2.36. The van der Waals surface area contributed by atoms with E-state index in [0.29, 0.717) is 30.2 Å². The van der Waals surface area contributed by atoms with E-state index >= 15 is 0 Å². The number of carbonyl (C=O) groups is 3. The highest BCUT2D eigenvalue weighted by molar-refractivity contribution is 5.97. The predicted molar refractivity (Wildman–Crippen MR) is 210 cm³/mol. The van der Waals surface area contributed by atoms with Gasteiger partial charge in [-0.05, 0) is 110 Å². The Morgan fingerprint density at radius 3 is 2.13 bits per heavy atom. The first-order valence-corrected chi connectivity index (χ1v) is 18.1. The SMILES string of the molecule is COC(=O)c1ccccc1N[C@@H](Cc1ccc(OCC2(C)CCc3c(C)c(OCc4ccc(-c5ccccc5C(=O)O)cc4)c(C)c(C)c3O2)cc1)C(=O)O. The third-order valence-electron chi connectivity index (χ3n) is 10.2. The molecule has 0 saturated carbocycles. The highest BCUT2D eigenvalue weighted by atomic mass is 16.5. The van der Waals surface area contributed by atoms with Crippen LogP contribution in [0.1, 0.15) is 67.4 Å². The Kier molecular flexibility index (Phi) is 11.4. The molecule has 3 N–H and O–H groups in total. The Balaban J connectivity index is 1.08. The molecule has 5 aromatic rings. The van der Waals surface area contributed by atoms with Crippen LogP contribution in [0.4, 0.5) is 5.69 Å². The lowest BCUT2D eigenvalue weighted by molar-refractivity contribution is -0.137. The van der Waals surface area contributed by atoms with Crippen LogP contribution in [0.25, 0.3) is 11.1 Å². The number of para-hydroxylation sites is 1. The van der Waals surface area contributed by atoms with Crippen molar-refractivity contribution in [2.45, 2.75) is 65.2 Å². The second-order valence-electron chi connectivity index (χ2n) is 14.1. The van der Waals surface area contributed by atoms with Crippen molar-refractivity contribution < 1.29 is 43.5 Å². The molecule has 0 aromatic heterocycles. The number of ether oxygens (including phenoxy) is 4. The molecule has 1 aliphatic rings. The summed E-state index contributed by atoms with van der Waals surface area (Å²) < 4.78 is 24.2. The molecule has 0 saturated heterocycles. The molecule has 0 fully saturated rings. The fraction of sp³-hybridized carbons (Fsp3) is 0.267. The van der Waals surface area contributed by atoms with Gasteiger partial charge < -0.3 is 34.5 Å². The normalized spacial score (nSPS) is 15.2. The quantitative estimate of drug-likeness (QED) is 0.0947. The van der Waals surface area contributed by atoms with E-state index in [1.54, 1.807) is 36.4 Å². The molecule has 0 bridgehead atoms. The van der Waals surface area contributed by atoms with Crippen molar-refractivity contribution >= 4 is 23.6 Å². The van der Waals surface area contributed by atoms with Crippen molar-refractivity contribution in [1.29, 1.82) is 0 Å². The highest BCUT2D eigenvalue weighted by Crippen LogP contribution is 2.44. The minimum absolute atomic E-state index is 0.183. The lowest BCUT2D eigenvalue weighted by Crippen LogP contribution is -2.42. The third kappa shape index (κ3) is 8.59. The lowest BCUT2D eigenvalue weighted by Gasteiger charge is -2.38. The molecule has 2 atom stereocenters. The Bertz CT molecular complexity index is 2210. The summed E-state index contributed by atoms with van der Waals surface area (Å²) in [5.74, 6) is -0.213. The standard InChI is InChI=1S/C45H45NO9/c1-27-28(2)41-34(29(3)40(27)53-25-31-14-18-32(19-15-31)35-10-6-7-11-36(35)42(47)48)22-23-45(4,55-41)26-54-33-20-16-30(17-21-33)24-39(43(49)50)46-38-13-9-8-12-37(38)44(51)52-5/h6-21,39,46H,22-26H2,1-5H3,(H,47,48)(H,49,50)/t39-,45?/m0/s1. The minimum Gasteiger partial charge on any atom is -0.489 e. The smallest absolute Gasteiger partial charge is 0.339 e. The van der Waals surface area contributed by atoms with Gasteiger partial charge in [-0.3, -0.25) is 0 Å². The lowest BCUT2D eigenvalue weighted by atomic mass is 9.87. The zero-order valence-corrected chi connectivity index (χ0v) is 31.6.